The van der Waals surface area contributed by atoms with Gasteiger partial charge in [-0.05, 0) is 54.9 Å². The van der Waals surface area contributed by atoms with E-state index >= 15 is 0 Å². The zero-order chi connectivity index (χ0) is 17.1. The van der Waals surface area contributed by atoms with E-state index in [1.54, 1.807) is 22.7 Å². The summed E-state index contributed by atoms with van der Waals surface area (Å²) >= 11 is 6.86. The topological polar surface area (TPSA) is 36.4 Å². The number of likely N-dealkylation sites (tertiary alicyclic amines) is 1. The molecule has 1 amide bonds. The Kier molecular flexibility index (Phi) is 6.07. The highest BCUT2D eigenvalue weighted by atomic mass is 79.9. The number of aryl methyl sites for hydroxylation is 1. The fourth-order valence-corrected chi connectivity index (χ4v) is 5.22. The number of thiazole rings is 1. The van der Waals surface area contributed by atoms with Crippen LogP contribution in [0.2, 0.25) is 0 Å². The maximum absolute atomic E-state index is 12.7. The Hall–Kier alpha value is -0.760. The smallest absolute Gasteiger partial charge is 0.225 e. The molecule has 4 nitrogen and oxygen atoms in total. The summed E-state index contributed by atoms with van der Waals surface area (Å²) < 4.78 is 1.09. The molecule has 7 heteroatoms. The SMILES string of the molecule is Cc1nc(CN2CCC(C(=O)N(C)Cc3cc(Br)cs3)CC2)cs1. The van der Waals surface area contributed by atoms with Crippen LogP contribution in [0.1, 0.15) is 28.4 Å². The van der Waals surface area contributed by atoms with Gasteiger partial charge in [-0.25, -0.2) is 4.98 Å². The first-order valence-electron chi connectivity index (χ1n) is 8.12. The first-order chi connectivity index (χ1) is 11.5. The second kappa shape index (κ2) is 8.08. The Morgan fingerprint density at radius 2 is 2.12 bits per heavy atom. The van der Waals surface area contributed by atoms with Gasteiger partial charge in [0, 0.05) is 39.6 Å². The van der Waals surface area contributed by atoms with Crippen LogP contribution in [-0.4, -0.2) is 40.8 Å². The Bertz CT molecular complexity index is 692. The van der Waals surface area contributed by atoms with Crippen LogP contribution in [0.5, 0.6) is 0 Å². The molecule has 0 spiro atoms. The van der Waals surface area contributed by atoms with Gasteiger partial charge in [-0.1, -0.05) is 0 Å². The number of carbonyl (C=O) groups is 1. The molecule has 0 aromatic carbocycles. The Balaban J connectivity index is 1.47. The van der Waals surface area contributed by atoms with Crippen LogP contribution in [-0.2, 0) is 17.9 Å². The van der Waals surface area contributed by atoms with Crippen LogP contribution in [0, 0.1) is 12.8 Å². The van der Waals surface area contributed by atoms with Crippen LogP contribution in [0.25, 0.3) is 0 Å². The molecule has 0 bridgehead atoms. The van der Waals surface area contributed by atoms with Gasteiger partial charge in [0.2, 0.25) is 5.91 Å². The summed E-state index contributed by atoms with van der Waals surface area (Å²) in [6, 6.07) is 2.09. The van der Waals surface area contributed by atoms with Crippen LogP contribution in [0.3, 0.4) is 0 Å². The molecule has 1 saturated heterocycles. The standard InChI is InChI=1S/C17H22BrN3OS2/c1-12-19-15(11-23-12)8-21-5-3-13(4-6-21)17(22)20(2)9-16-7-14(18)10-24-16/h7,10-11,13H,3-6,8-9H2,1-2H3. The first kappa shape index (κ1) is 18.0. The number of halogens is 1. The van der Waals surface area contributed by atoms with Crippen LogP contribution in [0.15, 0.2) is 21.3 Å². The lowest BCUT2D eigenvalue weighted by molar-refractivity contribution is -0.136. The molecule has 0 saturated carbocycles. The Morgan fingerprint density at radius 1 is 1.38 bits per heavy atom. The number of piperidine rings is 1. The summed E-state index contributed by atoms with van der Waals surface area (Å²) in [7, 11) is 1.92. The van der Waals surface area contributed by atoms with E-state index in [4.69, 9.17) is 0 Å². The van der Waals surface area contributed by atoms with E-state index in [1.165, 1.54) is 4.88 Å². The lowest BCUT2D eigenvalue weighted by Gasteiger charge is -2.32. The second-order valence-corrected chi connectivity index (χ2v) is 9.31. The number of thiophene rings is 1. The molecule has 3 heterocycles. The van der Waals surface area contributed by atoms with Gasteiger partial charge < -0.3 is 4.90 Å². The first-order valence-corrected chi connectivity index (χ1v) is 10.7. The number of nitrogens with zero attached hydrogens (tertiary/aromatic N) is 3. The molecular weight excluding hydrogens is 406 g/mol. The van der Waals surface area contributed by atoms with Crippen molar-refractivity contribution in [3.63, 3.8) is 0 Å². The van der Waals surface area contributed by atoms with E-state index in [2.05, 4.69) is 42.6 Å². The molecule has 0 N–H and O–H groups in total. The molecule has 2 aromatic rings. The molecular formula is C17H22BrN3OS2. The predicted octanol–water partition coefficient (Wildman–Crippen LogP) is 4.15. The Morgan fingerprint density at radius 3 is 2.71 bits per heavy atom. The predicted molar refractivity (Wildman–Crippen MR) is 103 cm³/mol. The lowest BCUT2D eigenvalue weighted by Crippen LogP contribution is -2.40. The molecule has 1 fully saturated rings. The van der Waals surface area contributed by atoms with E-state index in [0.717, 1.165) is 47.7 Å². The van der Waals surface area contributed by atoms with Crippen molar-refractivity contribution in [3.8, 4) is 0 Å². The third-order valence-corrected chi connectivity index (χ3v) is 6.88. The summed E-state index contributed by atoms with van der Waals surface area (Å²) in [5, 5.41) is 5.32. The number of carbonyl (C=O) groups excluding carboxylic acids is 1. The van der Waals surface area contributed by atoms with Crippen molar-refractivity contribution in [2.75, 3.05) is 20.1 Å². The monoisotopic (exact) mass is 427 g/mol. The largest absolute Gasteiger partial charge is 0.340 e. The number of hydrogen-bond acceptors (Lipinski definition) is 5. The number of rotatable bonds is 5. The number of amides is 1. The molecule has 2 aromatic heterocycles. The van der Waals surface area contributed by atoms with Crippen LogP contribution >= 0.6 is 38.6 Å². The highest BCUT2D eigenvalue weighted by Gasteiger charge is 2.27. The fourth-order valence-electron chi connectivity index (χ4n) is 3.11. The lowest BCUT2D eigenvalue weighted by atomic mass is 9.95. The van der Waals surface area contributed by atoms with E-state index in [9.17, 15) is 4.79 Å². The maximum atomic E-state index is 12.7. The van der Waals surface area contributed by atoms with E-state index < -0.39 is 0 Å². The fraction of sp³-hybridized carbons (Fsp3) is 0.529. The molecule has 130 valence electrons. The van der Waals surface area contributed by atoms with E-state index in [0.29, 0.717) is 6.54 Å². The van der Waals surface area contributed by atoms with Gasteiger partial charge in [0.05, 0.1) is 17.2 Å². The average molecular weight is 428 g/mol. The maximum Gasteiger partial charge on any atom is 0.225 e. The molecule has 0 unspecified atom stereocenters. The van der Waals surface area contributed by atoms with Crippen molar-refractivity contribution < 1.29 is 4.79 Å². The highest BCUT2D eigenvalue weighted by Crippen LogP contribution is 2.24. The zero-order valence-electron chi connectivity index (χ0n) is 14.0. The number of hydrogen-bond donors (Lipinski definition) is 0. The second-order valence-electron chi connectivity index (χ2n) is 6.33. The van der Waals surface area contributed by atoms with Crippen molar-refractivity contribution >= 4 is 44.5 Å². The molecule has 0 radical (unpaired) electrons. The van der Waals surface area contributed by atoms with Crippen molar-refractivity contribution in [1.82, 2.24) is 14.8 Å². The zero-order valence-corrected chi connectivity index (χ0v) is 17.2. The summed E-state index contributed by atoms with van der Waals surface area (Å²) in [6.45, 7) is 5.61. The van der Waals surface area contributed by atoms with Gasteiger partial charge in [0.15, 0.2) is 0 Å². The summed E-state index contributed by atoms with van der Waals surface area (Å²) in [4.78, 5) is 22.7. The molecule has 24 heavy (non-hydrogen) atoms. The molecule has 1 aliphatic heterocycles. The average Bonchev–Trinajstić information content (AvgIpc) is 3.15. The third-order valence-electron chi connectivity index (χ3n) is 4.38. The van der Waals surface area contributed by atoms with Crippen molar-refractivity contribution in [2.45, 2.75) is 32.9 Å². The summed E-state index contributed by atoms with van der Waals surface area (Å²) in [6.07, 6.45) is 1.89. The van der Waals surface area contributed by atoms with Crippen molar-refractivity contribution in [2.24, 2.45) is 5.92 Å². The minimum atomic E-state index is 0.159. The van der Waals surface area contributed by atoms with Crippen molar-refractivity contribution in [3.05, 3.63) is 36.9 Å². The molecule has 3 rings (SSSR count). The highest BCUT2D eigenvalue weighted by molar-refractivity contribution is 9.10. The van der Waals surface area contributed by atoms with Gasteiger partial charge in [-0.2, -0.15) is 0 Å². The minimum absolute atomic E-state index is 0.159. The van der Waals surface area contributed by atoms with Gasteiger partial charge >= 0.3 is 0 Å². The normalized spacial score (nSPS) is 16.5. The third kappa shape index (κ3) is 4.65. The summed E-state index contributed by atoms with van der Waals surface area (Å²) in [5.41, 5.74) is 1.16. The van der Waals surface area contributed by atoms with Gasteiger partial charge in [0.1, 0.15) is 0 Å². The van der Waals surface area contributed by atoms with Crippen LogP contribution in [0.4, 0.5) is 0 Å². The van der Waals surface area contributed by atoms with Gasteiger partial charge in [-0.3, -0.25) is 9.69 Å². The van der Waals surface area contributed by atoms with Gasteiger partial charge in [0.25, 0.3) is 0 Å². The van der Waals surface area contributed by atoms with E-state index in [-0.39, 0.29) is 11.8 Å². The summed E-state index contributed by atoms with van der Waals surface area (Å²) in [5.74, 6) is 0.440. The van der Waals surface area contributed by atoms with E-state index in [1.807, 2.05) is 18.9 Å². The number of aromatic nitrogens is 1. The van der Waals surface area contributed by atoms with Gasteiger partial charge in [-0.15, -0.1) is 22.7 Å². The molecule has 1 aliphatic rings. The van der Waals surface area contributed by atoms with Crippen LogP contribution < -0.4 is 0 Å². The quantitative estimate of drug-likeness (QED) is 0.718. The minimum Gasteiger partial charge on any atom is -0.340 e. The molecule has 0 aliphatic carbocycles. The Labute approximate surface area is 159 Å². The molecule has 0 atom stereocenters. The van der Waals surface area contributed by atoms with Crippen molar-refractivity contribution in [1.29, 1.82) is 0 Å².